The van der Waals surface area contributed by atoms with Crippen LogP contribution in [0.2, 0.25) is 0 Å². The largest absolute Gasteiger partial charge is 0.491 e. The summed E-state index contributed by atoms with van der Waals surface area (Å²) in [4.78, 5) is 2.37. The first kappa shape index (κ1) is 16.3. The van der Waals surface area contributed by atoms with Crippen LogP contribution in [0.15, 0.2) is 12.1 Å². The van der Waals surface area contributed by atoms with Gasteiger partial charge in [-0.05, 0) is 69.5 Å². The van der Waals surface area contributed by atoms with E-state index in [0.29, 0.717) is 6.61 Å². The first-order chi connectivity index (χ1) is 10.1. The normalized spacial score (nSPS) is 18.3. The SMILES string of the molecule is Cc1cc(C)c(C)c(OC[C@@H](O)CN2CCCCCC2)c1. The number of rotatable bonds is 5. The van der Waals surface area contributed by atoms with Crippen molar-refractivity contribution in [3.8, 4) is 5.75 Å². The second-order valence-electron chi connectivity index (χ2n) is 6.38. The molecule has 1 aliphatic heterocycles. The molecule has 0 radical (unpaired) electrons. The molecule has 1 fully saturated rings. The van der Waals surface area contributed by atoms with Crippen LogP contribution in [0.3, 0.4) is 0 Å². The standard InChI is InChI=1S/C18H29NO2/c1-14-10-15(2)16(3)18(11-14)21-13-17(20)12-19-8-6-4-5-7-9-19/h10-11,17,20H,4-9,12-13H2,1-3H3/t17-/m0/s1. The molecule has 0 saturated carbocycles. The monoisotopic (exact) mass is 291 g/mol. The zero-order chi connectivity index (χ0) is 15.2. The first-order valence-corrected chi connectivity index (χ1v) is 8.17. The number of aryl methyl sites for hydroxylation is 2. The van der Waals surface area contributed by atoms with E-state index in [9.17, 15) is 5.11 Å². The molecule has 21 heavy (non-hydrogen) atoms. The fourth-order valence-corrected chi connectivity index (χ4v) is 3.01. The third-order valence-electron chi connectivity index (χ3n) is 4.36. The summed E-state index contributed by atoms with van der Waals surface area (Å²) in [5, 5.41) is 10.2. The molecule has 3 nitrogen and oxygen atoms in total. The van der Waals surface area contributed by atoms with Crippen LogP contribution in [-0.4, -0.2) is 42.4 Å². The van der Waals surface area contributed by atoms with Crippen molar-refractivity contribution in [1.29, 1.82) is 0 Å². The van der Waals surface area contributed by atoms with Gasteiger partial charge in [0.2, 0.25) is 0 Å². The lowest BCUT2D eigenvalue weighted by molar-refractivity contribution is 0.0691. The average molecular weight is 291 g/mol. The molecule has 1 aromatic carbocycles. The maximum atomic E-state index is 10.2. The number of likely N-dealkylation sites (tertiary alicyclic amines) is 1. The highest BCUT2D eigenvalue weighted by Gasteiger charge is 2.15. The van der Waals surface area contributed by atoms with Crippen molar-refractivity contribution in [3.63, 3.8) is 0 Å². The van der Waals surface area contributed by atoms with E-state index < -0.39 is 6.10 Å². The molecule has 0 bridgehead atoms. The molecule has 0 unspecified atom stereocenters. The third-order valence-corrected chi connectivity index (χ3v) is 4.36. The number of nitrogens with zero attached hydrogens (tertiary/aromatic N) is 1. The van der Waals surface area contributed by atoms with Crippen LogP contribution < -0.4 is 4.74 Å². The smallest absolute Gasteiger partial charge is 0.122 e. The minimum atomic E-state index is -0.414. The van der Waals surface area contributed by atoms with Crippen molar-refractivity contribution >= 4 is 0 Å². The summed E-state index contributed by atoms with van der Waals surface area (Å²) in [6, 6.07) is 4.22. The highest BCUT2D eigenvalue weighted by Crippen LogP contribution is 2.23. The van der Waals surface area contributed by atoms with Crippen molar-refractivity contribution in [2.45, 2.75) is 52.6 Å². The summed E-state index contributed by atoms with van der Waals surface area (Å²) in [7, 11) is 0. The summed E-state index contributed by atoms with van der Waals surface area (Å²) in [5.41, 5.74) is 3.62. The number of aliphatic hydroxyl groups excluding tert-OH is 1. The predicted molar refractivity (Wildman–Crippen MR) is 87.1 cm³/mol. The quantitative estimate of drug-likeness (QED) is 0.904. The highest BCUT2D eigenvalue weighted by molar-refractivity contribution is 5.41. The molecular formula is C18H29NO2. The molecule has 3 heteroatoms. The second kappa shape index (κ2) is 7.81. The van der Waals surface area contributed by atoms with Gasteiger partial charge in [0.25, 0.3) is 0 Å². The Balaban J connectivity index is 1.84. The van der Waals surface area contributed by atoms with Gasteiger partial charge in [0.15, 0.2) is 0 Å². The predicted octanol–water partition coefficient (Wildman–Crippen LogP) is 3.23. The van der Waals surface area contributed by atoms with Gasteiger partial charge < -0.3 is 14.7 Å². The fourth-order valence-electron chi connectivity index (χ4n) is 3.01. The topological polar surface area (TPSA) is 32.7 Å². The Labute approximate surface area is 128 Å². The molecule has 1 atom stereocenters. The average Bonchev–Trinajstić information content (AvgIpc) is 2.70. The van der Waals surface area contributed by atoms with E-state index in [1.165, 1.54) is 42.4 Å². The van der Waals surface area contributed by atoms with Crippen LogP contribution >= 0.6 is 0 Å². The Morgan fingerprint density at radius 3 is 2.43 bits per heavy atom. The van der Waals surface area contributed by atoms with Gasteiger partial charge in [-0.3, -0.25) is 0 Å². The van der Waals surface area contributed by atoms with Gasteiger partial charge in [0.1, 0.15) is 18.5 Å². The molecule has 0 spiro atoms. The van der Waals surface area contributed by atoms with Crippen molar-refractivity contribution in [1.82, 2.24) is 4.90 Å². The van der Waals surface area contributed by atoms with Crippen LogP contribution in [0, 0.1) is 20.8 Å². The number of ether oxygens (including phenoxy) is 1. The Morgan fingerprint density at radius 1 is 1.10 bits per heavy atom. The van der Waals surface area contributed by atoms with E-state index in [1.807, 2.05) is 0 Å². The first-order valence-electron chi connectivity index (χ1n) is 8.17. The summed E-state index contributed by atoms with van der Waals surface area (Å²) < 4.78 is 5.86. The molecule has 118 valence electrons. The molecule has 0 aromatic heterocycles. The molecule has 1 aromatic rings. The summed E-state index contributed by atoms with van der Waals surface area (Å²) in [6.07, 6.45) is 4.74. The minimum Gasteiger partial charge on any atom is -0.491 e. The van der Waals surface area contributed by atoms with Crippen molar-refractivity contribution < 1.29 is 9.84 Å². The Morgan fingerprint density at radius 2 is 1.76 bits per heavy atom. The van der Waals surface area contributed by atoms with E-state index in [1.54, 1.807) is 0 Å². The van der Waals surface area contributed by atoms with Gasteiger partial charge >= 0.3 is 0 Å². The van der Waals surface area contributed by atoms with Gasteiger partial charge in [-0.15, -0.1) is 0 Å². The lowest BCUT2D eigenvalue weighted by Gasteiger charge is -2.23. The van der Waals surface area contributed by atoms with Crippen molar-refractivity contribution in [2.24, 2.45) is 0 Å². The summed E-state index contributed by atoms with van der Waals surface area (Å²) in [6.45, 7) is 9.57. The van der Waals surface area contributed by atoms with Crippen LogP contribution in [0.25, 0.3) is 0 Å². The van der Waals surface area contributed by atoms with Gasteiger partial charge in [0.05, 0.1) is 0 Å². The lowest BCUT2D eigenvalue weighted by atomic mass is 10.1. The number of aliphatic hydroxyl groups is 1. The van der Waals surface area contributed by atoms with Crippen molar-refractivity contribution in [3.05, 3.63) is 28.8 Å². The van der Waals surface area contributed by atoms with Crippen LogP contribution in [0.4, 0.5) is 0 Å². The minimum absolute atomic E-state index is 0.375. The zero-order valence-corrected chi connectivity index (χ0v) is 13.7. The van der Waals surface area contributed by atoms with E-state index >= 15 is 0 Å². The Kier molecular flexibility index (Phi) is 6.07. The van der Waals surface area contributed by atoms with E-state index in [2.05, 4.69) is 37.8 Å². The molecule has 1 heterocycles. The summed E-state index contributed by atoms with van der Waals surface area (Å²) in [5.74, 6) is 0.905. The van der Waals surface area contributed by atoms with E-state index in [4.69, 9.17) is 4.74 Å². The number of hydrogen-bond donors (Lipinski definition) is 1. The third kappa shape index (κ3) is 5.01. The zero-order valence-electron chi connectivity index (χ0n) is 13.7. The van der Waals surface area contributed by atoms with Crippen LogP contribution in [0.1, 0.15) is 42.4 Å². The fraction of sp³-hybridized carbons (Fsp3) is 0.667. The van der Waals surface area contributed by atoms with E-state index in [0.717, 1.165) is 25.4 Å². The Bertz CT molecular complexity index is 451. The second-order valence-corrected chi connectivity index (χ2v) is 6.38. The number of hydrogen-bond acceptors (Lipinski definition) is 3. The van der Waals surface area contributed by atoms with Crippen LogP contribution in [0.5, 0.6) is 5.75 Å². The van der Waals surface area contributed by atoms with Gasteiger partial charge in [-0.2, -0.15) is 0 Å². The molecule has 2 rings (SSSR count). The van der Waals surface area contributed by atoms with Crippen LogP contribution in [-0.2, 0) is 0 Å². The lowest BCUT2D eigenvalue weighted by Crippen LogP contribution is -2.36. The molecule has 1 aliphatic rings. The Hall–Kier alpha value is -1.06. The molecule has 1 N–H and O–H groups in total. The van der Waals surface area contributed by atoms with Gasteiger partial charge in [0, 0.05) is 6.54 Å². The maximum absolute atomic E-state index is 10.2. The van der Waals surface area contributed by atoms with Gasteiger partial charge in [-0.1, -0.05) is 18.9 Å². The molecule has 0 amide bonds. The van der Waals surface area contributed by atoms with E-state index in [-0.39, 0.29) is 0 Å². The molecule has 0 aliphatic carbocycles. The van der Waals surface area contributed by atoms with Crippen molar-refractivity contribution in [2.75, 3.05) is 26.2 Å². The number of β-amino-alcohol motifs (C(OH)–C–C–N with tert-alkyl or cyclic N) is 1. The van der Waals surface area contributed by atoms with Gasteiger partial charge in [-0.25, -0.2) is 0 Å². The number of benzene rings is 1. The highest BCUT2D eigenvalue weighted by atomic mass is 16.5. The summed E-state index contributed by atoms with van der Waals surface area (Å²) >= 11 is 0. The maximum Gasteiger partial charge on any atom is 0.122 e. The molecular weight excluding hydrogens is 262 g/mol. The molecule has 1 saturated heterocycles.